The van der Waals surface area contributed by atoms with E-state index in [4.69, 9.17) is 11.6 Å². The highest BCUT2D eigenvalue weighted by atomic mass is 35.5. The Balaban J connectivity index is 1.53. The second-order valence-corrected chi connectivity index (χ2v) is 6.68. The van der Waals surface area contributed by atoms with Crippen molar-refractivity contribution in [3.63, 3.8) is 0 Å². The van der Waals surface area contributed by atoms with Gasteiger partial charge in [-0.2, -0.15) is 0 Å². The Bertz CT molecular complexity index is 1130. The highest BCUT2D eigenvalue weighted by Crippen LogP contribution is 2.27. The van der Waals surface area contributed by atoms with Crippen molar-refractivity contribution in [3.8, 4) is 0 Å². The summed E-state index contributed by atoms with van der Waals surface area (Å²) in [7, 11) is 0. The Labute approximate surface area is 167 Å². The molecule has 2 N–H and O–H groups in total. The van der Waals surface area contributed by atoms with Gasteiger partial charge in [-0.05, 0) is 41.3 Å². The summed E-state index contributed by atoms with van der Waals surface area (Å²) < 4.78 is 0. The molecule has 6 heteroatoms. The van der Waals surface area contributed by atoms with Gasteiger partial charge >= 0.3 is 0 Å². The third-order valence-corrected chi connectivity index (χ3v) is 4.51. The number of nitrogens with one attached hydrogen (secondary N) is 2. The van der Waals surface area contributed by atoms with Gasteiger partial charge in [0.1, 0.15) is 11.5 Å². The number of fused-ring (bicyclic) bond motifs is 1. The largest absolute Gasteiger partial charge is 0.347 e. The van der Waals surface area contributed by atoms with Crippen LogP contribution in [-0.4, -0.2) is 15.9 Å². The number of carbonyl (C=O) groups is 1. The lowest BCUT2D eigenvalue weighted by Crippen LogP contribution is -2.23. The average Bonchev–Trinajstić information content (AvgIpc) is 2.73. The van der Waals surface area contributed by atoms with Crippen LogP contribution >= 0.6 is 11.6 Å². The van der Waals surface area contributed by atoms with Crippen molar-refractivity contribution in [1.82, 2.24) is 15.3 Å². The van der Waals surface area contributed by atoms with E-state index < -0.39 is 0 Å². The van der Waals surface area contributed by atoms with Crippen LogP contribution in [0.2, 0.25) is 5.02 Å². The molecule has 0 bridgehead atoms. The number of rotatable bonds is 5. The van der Waals surface area contributed by atoms with Crippen molar-refractivity contribution in [2.75, 3.05) is 5.32 Å². The molecule has 0 saturated heterocycles. The van der Waals surface area contributed by atoms with E-state index in [0.717, 1.165) is 22.0 Å². The Morgan fingerprint density at radius 1 is 0.929 bits per heavy atom. The van der Waals surface area contributed by atoms with E-state index in [1.165, 1.54) is 0 Å². The van der Waals surface area contributed by atoms with Gasteiger partial charge in [-0.1, -0.05) is 48.0 Å². The van der Waals surface area contributed by atoms with Crippen LogP contribution in [0.25, 0.3) is 10.8 Å². The van der Waals surface area contributed by atoms with Crippen LogP contribution in [0.15, 0.2) is 79.1 Å². The van der Waals surface area contributed by atoms with Gasteiger partial charge in [0.05, 0.1) is 0 Å². The van der Waals surface area contributed by atoms with Gasteiger partial charge in [0.15, 0.2) is 0 Å². The van der Waals surface area contributed by atoms with Crippen molar-refractivity contribution >= 4 is 39.8 Å². The SMILES string of the molecule is O=C(NCc1ccccc1)c1cc(Nc2nccc3ccc(Cl)cc23)ccn1. The third-order valence-electron chi connectivity index (χ3n) is 4.28. The molecule has 0 unspecified atom stereocenters. The minimum atomic E-state index is -0.235. The fourth-order valence-corrected chi connectivity index (χ4v) is 3.05. The van der Waals surface area contributed by atoms with Crippen LogP contribution in [0.4, 0.5) is 11.5 Å². The monoisotopic (exact) mass is 388 g/mol. The van der Waals surface area contributed by atoms with E-state index in [1.54, 1.807) is 24.5 Å². The predicted octanol–water partition coefficient (Wildman–Crippen LogP) is 4.96. The molecule has 4 aromatic rings. The van der Waals surface area contributed by atoms with Crippen LogP contribution in [0.5, 0.6) is 0 Å². The maximum absolute atomic E-state index is 12.4. The minimum absolute atomic E-state index is 0.235. The van der Waals surface area contributed by atoms with Crippen LogP contribution in [-0.2, 0) is 6.54 Å². The number of carbonyl (C=O) groups excluding carboxylic acids is 1. The normalized spacial score (nSPS) is 10.6. The average molecular weight is 389 g/mol. The first-order valence-corrected chi connectivity index (χ1v) is 9.16. The van der Waals surface area contributed by atoms with Gasteiger partial charge in [0, 0.05) is 35.0 Å². The zero-order chi connectivity index (χ0) is 19.3. The van der Waals surface area contributed by atoms with Crippen LogP contribution in [0.3, 0.4) is 0 Å². The van der Waals surface area contributed by atoms with Crippen molar-refractivity contribution in [1.29, 1.82) is 0 Å². The summed E-state index contributed by atoms with van der Waals surface area (Å²) in [6, 6.07) is 20.8. The fraction of sp³-hybridized carbons (Fsp3) is 0.0455. The summed E-state index contributed by atoms with van der Waals surface area (Å²) in [5.41, 5.74) is 2.08. The summed E-state index contributed by atoms with van der Waals surface area (Å²) in [5, 5.41) is 8.70. The van der Waals surface area contributed by atoms with E-state index in [1.807, 2.05) is 54.6 Å². The molecule has 28 heavy (non-hydrogen) atoms. The molecule has 0 aliphatic carbocycles. The molecule has 0 aliphatic rings. The van der Waals surface area contributed by atoms with E-state index in [0.29, 0.717) is 23.1 Å². The number of halogens is 1. The maximum atomic E-state index is 12.4. The van der Waals surface area contributed by atoms with E-state index in [9.17, 15) is 4.79 Å². The molecule has 0 aliphatic heterocycles. The number of anilines is 2. The molecule has 4 rings (SSSR count). The van der Waals surface area contributed by atoms with E-state index >= 15 is 0 Å². The summed E-state index contributed by atoms with van der Waals surface area (Å²) in [5.74, 6) is 0.434. The van der Waals surface area contributed by atoms with Crippen LogP contribution in [0, 0.1) is 0 Å². The first-order valence-electron chi connectivity index (χ1n) is 8.78. The first-order chi connectivity index (χ1) is 13.7. The molecule has 5 nitrogen and oxygen atoms in total. The molecule has 0 saturated carbocycles. The lowest BCUT2D eigenvalue weighted by Gasteiger charge is -2.10. The number of hydrogen-bond donors (Lipinski definition) is 2. The Kier molecular flexibility index (Phi) is 5.17. The topological polar surface area (TPSA) is 66.9 Å². The number of amides is 1. The standard InChI is InChI=1S/C22H17ClN4O/c23-17-7-6-16-8-10-25-21(19(16)12-17)27-18-9-11-24-20(13-18)22(28)26-14-15-4-2-1-3-5-15/h1-13H,14H2,(H,26,28)(H,24,25,27). The zero-order valence-corrected chi connectivity index (χ0v) is 15.6. The molecule has 0 atom stereocenters. The molecule has 0 spiro atoms. The van der Waals surface area contributed by atoms with E-state index in [2.05, 4.69) is 20.6 Å². The third kappa shape index (κ3) is 4.10. The number of pyridine rings is 2. The summed E-state index contributed by atoms with van der Waals surface area (Å²) in [6.07, 6.45) is 3.32. The van der Waals surface area contributed by atoms with Crippen molar-refractivity contribution in [3.05, 3.63) is 95.4 Å². The second kappa shape index (κ2) is 8.06. The van der Waals surface area contributed by atoms with Gasteiger partial charge in [0.2, 0.25) is 0 Å². The summed E-state index contributed by atoms with van der Waals surface area (Å²) in [6.45, 7) is 0.447. The van der Waals surface area contributed by atoms with Crippen molar-refractivity contribution < 1.29 is 4.79 Å². The van der Waals surface area contributed by atoms with Crippen LogP contribution in [0.1, 0.15) is 16.1 Å². The summed E-state index contributed by atoms with van der Waals surface area (Å²) >= 11 is 6.13. The summed E-state index contributed by atoms with van der Waals surface area (Å²) in [4.78, 5) is 21.0. The van der Waals surface area contributed by atoms with E-state index in [-0.39, 0.29) is 5.91 Å². The quantitative estimate of drug-likeness (QED) is 0.507. The first kappa shape index (κ1) is 17.9. The van der Waals surface area contributed by atoms with Gasteiger partial charge in [0.25, 0.3) is 5.91 Å². The van der Waals surface area contributed by atoms with Gasteiger partial charge in [-0.3, -0.25) is 9.78 Å². The molecule has 0 radical (unpaired) electrons. The zero-order valence-electron chi connectivity index (χ0n) is 14.9. The number of hydrogen-bond acceptors (Lipinski definition) is 4. The second-order valence-electron chi connectivity index (χ2n) is 6.25. The predicted molar refractivity (Wildman–Crippen MR) is 112 cm³/mol. The number of benzene rings is 2. The Hall–Kier alpha value is -3.44. The lowest BCUT2D eigenvalue weighted by atomic mass is 10.1. The molecule has 2 aromatic carbocycles. The van der Waals surface area contributed by atoms with Gasteiger partial charge in [-0.25, -0.2) is 4.98 Å². The maximum Gasteiger partial charge on any atom is 0.270 e. The van der Waals surface area contributed by atoms with Gasteiger partial charge < -0.3 is 10.6 Å². The Morgan fingerprint density at radius 3 is 2.61 bits per heavy atom. The Morgan fingerprint density at radius 2 is 1.75 bits per heavy atom. The number of nitrogens with zero attached hydrogens (tertiary/aromatic N) is 2. The van der Waals surface area contributed by atoms with Crippen LogP contribution < -0.4 is 10.6 Å². The highest BCUT2D eigenvalue weighted by molar-refractivity contribution is 6.31. The molecular formula is C22H17ClN4O. The highest BCUT2D eigenvalue weighted by Gasteiger charge is 2.09. The smallest absolute Gasteiger partial charge is 0.270 e. The molecule has 0 fully saturated rings. The molecule has 138 valence electrons. The fourth-order valence-electron chi connectivity index (χ4n) is 2.88. The number of aromatic nitrogens is 2. The molecule has 2 aromatic heterocycles. The molecule has 1 amide bonds. The molecular weight excluding hydrogens is 372 g/mol. The molecule has 2 heterocycles. The van der Waals surface area contributed by atoms with Crippen molar-refractivity contribution in [2.24, 2.45) is 0 Å². The van der Waals surface area contributed by atoms with Crippen molar-refractivity contribution in [2.45, 2.75) is 6.54 Å². The lowest BCUT2D eigenvalue weighted by molar-refractivity contribution is 0.0946. The van der Waals surface area contributed by atoms with Gasteiger partial charge in [-0.15, -0.1) is 0 Å². The minimum Gasteiger partial charge on any atom is -0.347 e.